The molecule has 1 atom stereocenters. The molecular weight excluding hydrogens is 204 g/mol. The molecule has 3 rings (SSSR count). The van der Waals surface area contributed by atoms with Crippen molar-refractivity contribution in [2.45, 2.75) is 25.4 Å². The average Bonchev–Trinajstić information content (AvgIpc) is 2.98. The van der Waals surface area contributed by atoms with Gasteiger partial charge in [-0.3, -0.25) is 0 Å². The van der Waals surface area contributed by atoms with Crippen LogP contribution in [0.15, 0.2) is 29.1 Å². The molecule has 3 heterocycles. The van der Waals surface area contributed by atoms with Gasteiger partial charge in [0.25, 0.3) is 0 Å². The van der Waals surface area contributed by atoms with Crippen LogP contribution in [0.5, 0.6) is 0 Å². The quantitative estimate of drug-likeness (QED) is 0.844. The molecule has 0 saturated carbocycles. The van der Waals surface area contributed by atoms with E-state index in [0.29, 0.717) is 12.6 Å². The molecule has 5 heteroatoms. The zero-order valence-corrected chi connectivity index (χ0v) is 8.97. The van der Waals surface area contributed by atoms with Crippen molar-refractivity contribution in [1.29, 1.82) is 0 Å². The minimum atomic E-state index is 0.345. The number of furan rings is 1. The number of nitrogens with one attached hydrogen (secondary N) is 1. The molecule has 1 fully saturated rings. The van der Waals surface area contributed by atoms with Crippen LogP contribution in [0.3, 0.4) is 0 Å². The van der Waals surface area contributed by atoms with Gasteiger partial charge in [-0.2, -0.15) is 0 Å². The van der Waals surface area contributed by atoms with Crippen LogP contribution in [0.4, 0.5) is 0 Å². The first kappa shape index (κ1) is 9.59. The summed E-state index contributed by atoms with van der Waals surface area (Å²) in [5.74, 6) is 1.94. The minimum absolute atomic E-state index is 0.345. The Kier molecular flexibility index (Phi) is 2.46. The lowest BCUT2D eigenvalue weighted by Gasteiger charge is -2.10. The van der Waals surface area contributed by atoms with Crippen molar-refractivity contribution in [3.8, 4) is 0 Å². The van der Waals surface area contributed by atoms with Gasteiger partial charge in [-0.15, -0.1) is 10.2 Å². The molecular formula is C11H14N4O. The maximum atomic E-state index is 5.33. The number of hydrogen-bond acceptors (Lipinski definition) is 4. The summed E-state index contributed by atoms with van der Waals surface area (Å²) in [5, 5.41) is 11.6. The van der Waals surface area contributed by atoms with Crippen molar-refractivity contribution in [3.05, 3.63) is 36.3 Å². The predicted molar refractivity (Wildman–Crippen MR) is 57.8 cm³/mol. The maximum absolute atomic E-state index is 5.33. The largest absolute Gasteiger partial charge is 0.467 e. The topological polar surface area (TPSA) is 55.9 Å². The van der Waals surface area contributed by atoms with Crippen LogP contribution >= 0.6 is 0 Å². The third kappa shape index (κ3) is 1.74. The van der Waals surface area contributed by atoms with Crippen LogP contribution in [-0.2, 0) is 6.54 Å². The molecule has 0 spiro atoms. The summed E-state index contributed by atoms with van der Waals surface area (Å²) in [4.78, 5) is 0. The normalized spacial score (nSPS) is 20.4. The zero-order chi connectivity index (χ0) is 10.8. The average molecular weight is 218 g/mol. The lowest BCUT2D eigenvalue weighted by molar-refractivity contribution is 0.477. The van der Waals surface area contributed by atoms with E-state index in [4.69, 9.17) is 4.42 Å². The zero-order valence-electron chi connectivity index (χ0n) is 8.97. The fraction of sp³-hybridized carbons (Fsp3) is 0.455. The Labute approximate surface area is 93.5 Å². The smallest absolute Gasteiger partial charge is 0.150 e. The highest BCUT2D eigenvalue weighted by molar-refractivity contribution is 5.04. The van der Waals surface area contributed by atoms with E-state index in [1.165, 1.54) is 6.42 Å². The molecule has 5 nitrogen and oxygen atoms in total. The molecule has 0 radical (unpaired) electrons. The van der Waals surface area contributed by atoms with E-state index in [-0.39, 0.29) is 0 Å². The van der Waals surface area contributed by atoms with Crippen LogP contribution in [-0.4, -0.2) is 21.3 Å². The van der Waals surface area contributed by atoms with Gasteiger partial charge in [0.05, 0.1) is 18.8 Å². The second kappa shape index (κ2) is 4.09. The van der Waals surface area contributed by atoms with Gasteiger partial charge in [0, 0.05) is 0 Å². The van der Waals surface area contributed by atoms with Gasteiger partial charge in [0.15, 0.2) is 0 Å². The van der Waals surface area contributed by atoms with E-state index >= 15 is 0 Å². The van der Waals surface area contributed by atoms with E-state index in [2.05, 4.69) is 15.5 Å². The molecule has 1 aliphatic heterocycles. The predicted octanol–water partition coefficient (Wildman–Crippen LogP) is 1.34. The number of rotatable bonds is 3. The first-order valence-electron chi connectivity index (χ1n) is 5.57. The molecule has 0 aliphatic carbocycles. The monoisotopic (exact) mass is 218 g/mol. The summed E-state index contributed by atoms with van der Waals surface area (Å²) < 4.78 is 7.37. The molecule has 1 aliphatic rings. The second-order valence-electron chi connectivity index (χ2n) is 4.05. The maximum Gasteiger partial charge on any atom is 0.150 e. The molecule has 16 heavy (non-hydrogen) atoms. The molecule has 2 aromatic rings. The lowest BCUT2D eigenvalue weighted by atomic mass is 10.2. The highest BCUT2D eigenvalue weighted by Gasteiger charge is 2.21. The van der Waals surface area contributed by atoms with E-state index in [9.17, 15) is 0 Å². The van der Waals surface area contributed by atoms with Gasteiger partial charge < -0.3 is 14.3 Å². The van der Waals surface area contributed by atoms with Gasteiger partial charge in [-0.25, -0.2) is 0 Å². The lowest BCUT2D eigenvalue weighted by Crippen LogP contribution is -2.18. The van der Waals surface area contributed by atoms with Crippen molar-refractivity contribution in [3.63, 3.8) is 0 Å². The molecule has 1 saturated heterocycles. The van der Waals surface area contributed by atoms with Crippen LogP contribution in [0.1, 0.15) is 30.5 Å². The van der Waals surface area contributed by atoms with Crippen molar-refractivity contribution < 1.29 is 4.42 Å². The Hall–Kier alpha value is -1.62. The van der Waals surface area contributed by atoms with Gasteiger partial charge in [-0.05, 0) is 31.5 Å². The summed E-state index contributed by atoms with van der Waals surface area (Å²) in [6.45, 7) is 1.77. The summed E-state index contributed by atoms with van der Waals surface area (Å²) in [6, 6.07) is 4.21. The molecule has 0 bridgehead atoms. The minimum Gasteiger partial charge on any atom is -0.467 e. The van der Waals surface area contributed by atoms with E-state index < -0.39 is 0 Å². The van der Waals surface area contributed by atoms with Gasteiger partial charge >= 0.3 is 0 Å². The Morgan fingerprint density at radius 2 is 2.56 bits per heavy atom. The van der Waals surface area contributed by atoms with E-state index in [1.54, 1.807) is 12.6 Å². The van der Waals surface area contributed by atoms with Crippen molar-refractivity contribution in [1.82, 2.24) is 20.1 Å². The second-order valence-corrected chi connectivity index (χ2v) is 4.05. The molecule has 0 amide bonds. The molecule has 84 valence electrons. The van der Waals surface area contributed by atoms with Gasteiger partial charge in [0.2, 0.25) is 0 Å². The van der Waals surface area contributed by atoms with Crippen molar-refractivity contribution in [2.24, 2.45) is 0 Å². The summed E-state index contributed by atoms with van der Waals surface area (Å²) >= 11 is 0. The highest BCUT2D eigenvalue weighted by Crippen LogP contribution is 2.21. The number of hydrogen-bond donors (Lipinski definition) is 1. The third-order valence-electron chi connectivity index (χ3n) is 2.92. The molecule has 2 aromatic heterocycles. The van der Waals surface area contributed by atoms with Gasteiger partial charge in [-0.1, -0.05) is 0 Å². The van der Waals surface area contributed by atoms with E-state index in [1.807, 2.05) is 16.7 Å². The molecule has 1 unspecified atom stereocenters. The Morgan fingerprint density at radius 3 is 3.31 bits per heavy atom. The van der Waals surface area contributed by atoms with Gasteiger partial charge in [0.1, 0.15) is 17.9 Å². The first-order valence-corrected chi connectivity index (χ1v) is 5.57. The van der Waals surface area contributed by atoms with Crippen molar-refractivity contribution in [2.75, 3.05) is 6.54 Å². The number of nitrogens with zero attached hydrogens (tertiary/aromatic N) is 3. The molecule has 0 aromatic carbocycles. The highest BCUT2D eigenvalue weighted by atomic mass is 16.3. The Morgan fingerprint density at radius 1 is 1.56 bits per heavy atom. The Bertz CT molecular complexity index is 442. The van der Waals surface area contributed by atoms with Crippen LogP contribution in [0.2, 0.25) is 0 Å². The van der Waals surface area contributed by atoms with Crippen LogP contribution in [0.25, 0.3) is 0 Å². The molecule has 1 N–H and O–H groups in total. The summed E-state index contributed by atoms with van der Waals surface area (Å²) in [7, 11) is 0. The van der Waals surface area contributed by atoms with Crippen LogP contribution in [0, 0.1) is 0 Å². The first-order chi connectivity index (χ1) is 7.93. The SMILES string of the molecule is c1coc(Cn2cnnc2C2CCCN2)c1. The van der Waals surface area contributed by atoms with Crippen LogP contribution < -0.4 is 5.32 Å². The summed E-state index contributed by atoms with van der Waals surface area (Å²) in [6.07, 6.45) is 5.79. The fourth-order valence-corrected chi connectivity index (χ4v) is 2.13. The standard InChI is InChI=1S/C11H14N4O/c1-4-10(12-5-1)11-14-13-8-15(11)7-9-3-2-6-16-9/h2-3,6,8,10,12H,1,4-5,7H2. The van der Waals surface area contributed by atoms with Crippen molar-refractivity contribution >= 4 is 0 Å². The summed E-state index contributed by atoms with van der Waals surface area (Å²) in [5.41, 5.74) is 0. The van der Waals surface area contributed by atoms with E-state index in [0.717, 1.165) is 24.6 Å². The Balaban J connectivity index is 1.82. The fourth-order valence-electron chi connectivity index (χ4n) is 2.13. The third-order valence-corrected chi connectivity index (χ3v) is 2.92. The number of aromatic nitrogens is 3.